The molecule has 0 saturated heterocycles. The van der Waals surface area contributed by atoms with E-state index in [1.165, 1.54) is 25.7 Å². The topological polar surface area (TPSA) is 37.3 Å². The Labute approximate surface area is 134 Å². The van der Waals surface area contributed by atoms with Gasteiger partial charge in [-0.1, -0.05) is 19.9 Å². The molecule has 0 bridgehead atoms. The highest BCUT2D eigenvalue weighted by atomic mass is 16.3. The van der Waals surface area contributed by atoms with E-state index in [0.29, 0.717) is 23.5 Å². The third-order valence-electron chi connectivity index (χ3n) is 8.60. The van der Waals surface area contributed by atoms with Crippen molar-refractivity contribution in [2.75, 3.05) is 0 Å². The Morgan fingerprint density at radius 2 is 1.77 bits per heavy atom. The van der Waals surface area contributed by atoms with Crippen molar-refractivity contribution in [3.63, 3.8) is 0 Å². The third kappa shape index (κ3) is 1.74. The van der Waals surface area contributed by atoms with Gasteiger partial charge in [-0.2, -0.15) is 0 Å². The maximum Gasteiger partial charge on any atom is 0.155 e. The summed E-state index contributed by atoms with van der Waals surface area (Å²) in [5.74, 6) is 3.00. The zero-order valence-electron chi connectivity index (χ0n) is 14.3. The van der Waals surface area contributed by atoms with Crippen LogP contribution in [-0.2, 0) is 4.79 Å². The molecule has 0 aromatic rings. The van der Waals surface area contributed by atoms with Gasteiger partial charge in [0.25, 0.3) is 0 Å². The average molecular weight is 302 g/mol. The summed E-state index contributed by atoms with van der Waals surface area (Å²) in [4.78, 5) is 11.8. The van der Waals surface area contributed by atoms with Gasteiger partial charge in [0, 0.05) is 6.42 Å². The van der Waals surface area contributed by atoms with Crippen LogP contribution in [0.25, 0.3) is 0 Å². The summed E-state index contributed by atoms with van der Waals surface area (Å²) in [5.41, 5.74) is -0.170. The van der Waals surface area contributed by atoms with Crippen molar-refractivity contribution in [2.24, 2.45) is 34.5 Å². The van der Waals surface area contributed by atoms with Crippen molar-refractivity contribution >= 4 is 5.78 Å². The fourth-order valence-corrected chi connectivity index (χ4v) is 6.88. The van der Waals surface area contributed by atoms with Crippen LogP contribution in [0, 0.1) is 34.5 Å². The van der Waals surface area contributed by atoms with Crippen molar-refractivity contribution in [3.8, 4) is 0 Å². The number of allylic oxidation sites excluding steroid dienone is 2. The Morgan fingerprint density at radius 3 is 2.55 bits per heavy atom. The predicted molar refractivity (Wildman–Crippen MR) is 87.3 cm³/mol. The molecular weight excluding hydrogens is 272 g/mol. The van der Waals surface area contributed by atoms with Crippen LogP contribution >= 0.6 is 0 Å². The van der Waals surface area contributed by atoms with Gasteiger partial charge in [0.1, 0.15) is 0 Å². The van der Waals surface area contributed by atoms with Gasteiger partial charge in [-0.25, -0.2) is 0 Å². The first-order valence-electron chi connectivity index (χ1n) is 9.22. The molecule has 7 atom stereocenters. The molecule has 2 nitrogen and oxygen atoms in total. The van der Waals surface area contributed by atoms with E-state index < -0.39 is 5.60 Å². The molecule has 0 heterocycles. The van der Waals surface area contributed by atoms with Crippen LogP contribution in [0.2, 0.25) is 0 Å². The van der Waals surface area contributed by atoms with Crippen LogP contribution in [0.15, 0.2) is 12.2 Å². The van der Waals surface area contributed by atoms with Crippen molar-refractivity contribution in [1.29, 1.82) is 0 Å². The molecule has 0 unspecified atom stereocenters. The van der Waals surface area contributed by atoms with E-state index in [1.807, 2.05) is 6.08 Å². The van der Waals surface area contributed by atoms with E-state index in [-0.39, 0.29) is 10.8 Å². The minimum Gasteiger partial charge on any atom is -0.390 e. The lowest BCUT2D eigenvalue weighted by Crippen LogP contribution is -2.55. The fraction of sp³-hybridized carbons (Fsp3) is 0.850. The molecule has 3 saturated carbocycles. The van der Waals surface area contributed by atoms with Crippen LogP contribution in [0.3, 0.4) is 0 Å². The van der Waals surface area contributed by atoms with E-state index in [0.717, 1.165) is 25.2 Å². The minimum atomic E-state index is -0.487. The summed E-state index contributed by atoms with van der Waals surface area (Å²) in [6.45, 7) is 6.82. The third-order valence-corrected chi connectivity index (χ3v) is 8.60. The normalized spacial score (nSPS) is 57.2. The molecular formula is C20H30O2. The molecule has 0 aromatic heterocycles. The number of fused-ring (bicyclic) bond motifs is 5. The zero-order chi connectivity index (χ0) is 15.8. The first-order valence-corrected chi connectivity index (χ1v) is 9.22. The monoisotopic (exact) mass is 302 g/mol. The highest BCUT2D eigenvalue weighted by Crippen LogP contribution is 2.67. The summed E-state index contributed by atoms with van der Waals surface area (Å²) in [5, 5.41) is 10.9. The minimum absolute atomic E-state index is 0.103. The highest BCUT2D eigenvalue weighted by molar-refractivity contribution is 5.91. The molecule has 122 valence electrons. The second-order valence-electron chi connectivity index (χ2n) is 9.29. The summed E-state index contributed by atoms with van der Waals surface area (Å²) in [6, 6.07) is 0. The molecule has 2 heteroatoms. The van der Waals surface area contributed by atoms with E-state index >= 15 is 0 Å². The number of aliphatic hydroxyl groups is 1. The van der Waals surface area contributed by atoms with Crippen molar-refractivity contribution in [1.82, 2.24) is 0 Å². The molecule has 4 rings (SSSR count). The van der Waals surface area contributed by atoms with Gasteiger partial charge in [-0.15, -0.1) is 0 Å². The van der Waals surface area contributed by atoms with Gasteiger partial charge >= 0.3 is 0 Å². The Balaban J connectivity index is 1.69. The standard InChI is InChI=1S/C20H30O2/c1-18-9-6-14(21)12-13(18)4-5-15-16(18)7-10-19(2)17(15)8-11-20(19,3)22/h6,9,13,15-17,22H,4-5,7-8,10-12H2,1-3H3/t13-,15-,16+,17-,18+,19+,20+/m1/s1. The van der Waals surface area contributed by atoms with Gasteiger partial charge in [-0.05, 0) is 86.0 Å². The highest BCUT2D eigenvalue weighted by Gasteiger charge is 2.62. The molecule has 3 fully saturated rings. The second kappa shape index (κ2) is 4.47. The Hall–Kier alpha value is -0.630. The van der Waals surface area contributed by atoms with Gasteiger partial charge < -0.3 is 5.11 Å². The first-order chi connectivity index (χ1) is 10.3. The van der Waals surface area contributed by atoms with Gasteiger partial charge in [0.15, 0.2) is 5.78 Å². The molecule has 0 aliphatic heterocycles. The van der Waals surface area contributed by atoms with E-state index in [4.69, 9.17) is 0 Å². The van der Waals surface area contributed by atoms with E-state index in [2.05, 4.69) is 26.8 Å². The predicted octanol–water partition coefficient (Wildman–Crippen LogP) is 4.13. The van der Waals surface area contributed by atoms with Crippen LogP contribution in [0.4, 0.5) is 0 Å². The lowest BCUT2D eigenvalue weighted by molar-refractivity contribution is -0.135. The van der Waals surface area contributed by atoms with Gasteiger partial charge in [-0.3, -0.25) is 4.79 Å². The number of carbonyl (C=O) groups excluding carboxylic acids is 1. The Kier molecular flexibility index (Phi) is 3.03. The maximum absolute atomic E-state index is 11.8. The fourth-order valence-electron chi connectivity index (χ4n) is 6.88. The van der Waals surface area contributed by atoms with Crippen LogP contribution < -0.4 is 0 Å². The van der Waals surface area contributed by atoms with Crippen molar-refractivity contribution in [3.05, 3.63) is 12.2 Å². The zero-order valence-corrected chi connectivity index (χ0v) is 14.3. The van der Waals surface area contributed by atoms with Crippen molar-refractivity contribution in [2.45, 2.75) is 71.3 Å². The summed E-state index contributed by atoms with van der Waals surface area (Å²) < 4.78 is 0. The number of hydrogen-bond donors (Lipinski definition) is 1. The lowest BCUT2D eigenvalue weighted by atomic mass is 9.45. The summed E-state index contributed by atoms with van der Waals surface area (Å²) in [6.07, 6.45) is 11.9. The molecule has 0 aromatic carbocycles. The van der Waals surface area contributed by atoms with E-state index in [9.17, 15) is 9.90 Å². The Morgan fingerprint density at radius 1 is 1.05 bits per heavy atom. The summed E-state index contributed by atoms with van der Waals surface area (Å²) in [7, 11) is 0. The number of ketones is 1. The van der Waals surface area contributed by atoms with Gasteiger partial charge in [0.2, 0.25) is 0 Å². The van der Waals surface area contributed by atoms with Crippen molar-refractivity contribution < 1.29 is 9.90 Å². The molecule has 4 aliphatic carbocycles. The molecule has 4 aliphatic rings. The van der Waals surface area contributed by atoms with Gasteiger partial charge in [0.05, 0.1) is 5.60 Å². The average Bonchev–Trinajstić information content (AvgIpc) is 2.70. The number of carbonyl (C=O) groups is 1. The maximum atomic E-state index is 11.8. The molecule has 0 amide bonds. The summed E-state index contributed by atoms with van der Waals surface area (Å²) >= 11 is 0. The first kappa shape index (κ1) is 14.9. The van der Waals surface area contributed by atoms with E-state index in [1.54, 1.807) is 0 Å². The SMILES string of the molecule is C[C@]12C=CC(=O)C[C@H]1CC[C@H]1[C@H]3CC[C@](C)(O)[C@@]3(C)CC[C@@H]12. The second-order valence-corrected chi connectivity index (χ2v) is 9.29. The quantitative estimate of drug-likeness (QED) is 0.730. The van der Waals surface area contributed by atoms with Crippen LogP contribution in [0.1, 0.15) is 65.7 Å². The smallest absolute Gasteiger partial charge is 0.155 e. The number of hydrogen-bond acceptors (Lipinski definition) is 2. The van der Waals surface area contributed by atoms with Crippen LogP contribution in [-0.4, -0.2) is 16.5 Å². The molecule has 0 radical (unpaired) electrons. The Bertz CT molecular complexity index is 534. The lowest BCUT2D eigenvalue weighted by Gasteiger charge is -2.59. The largest absolute Gasteiger partial charge is 0.390 e. The molecule has 22 heavy (non-hydrogen) atoms. The van der Waals surface area contributed by atoms with Crippen LogP contribution in [0.5, 0.6) is 0 Å². The molecule has 1 N–H and O–H groups in total. The molecule has 0 spiro atoms. The number of rotatable bonds is 0.